The lowest BCUT2D eigenvalue weighted by Gasteiger charge is -1.98. The smallest absolute Gasteiger partial charge is 0.360 e. The molecule has 6 heteroatoms. The number of hydrogen-bond acceptors (Lipinski definition) is 4. The van der Waals surface area contributed by atoms with Gasteiger partial charge in [0.25, 0.3) is 0 Å². The number of carboxylic acids is 1. The molecule has 2 aromatic rings. The van der Waals surface area contributed by atoms with Crippen molar-refractivity contribution in [2.24, 2.45) is 0 Å². The second-order valence-electron chi connectivity index (χ2n) is 3.36. The van der Waals surface area contributed by atoms with E-state index in [9.17, 15) is 4.79 Å². The number of benzene rings is 1. The largest absolute Gasteiger partial charge is 0.476 e. The van der Waals surface area contributed by atoms with Gasteiger partial charge in [-0.3, -0.25) is 0 Å². The van der Waals surface area contributed by atoms with Crippen LogP contribution in [0.4, 0.5) is 5.82 Å². The second kappa shape index (κ2) is 3.65. The van der Waals surface area contributed by atoms with Gasteiger partial charge in [0, 0.05) is 0 Å². The molecule has 0 saturated carbocycles. The average molecular weight is 218 g/mol. The molecular formula is C10H10N4O2. The lowest BCUT2D eigenvalue weighted by Crippen LogP contribution is -2.02. The van der Waals surface area contributed by atoms with E-state index in [1.807, 2.05) is 19.1 Å². The van der Waals surface area contributed by atoms with Crippen LogP contribution >= 0.6 is 0 Å². The van der Waals surface area contributed by atoms with Crippen molar-refractivity contribution in [3.63, 3.8) is 0 Å². The van der Waals surface area contributed by atoms with Crippen molar-refractivity contribution in [2.45, 2.75) is 6.92 Å². The topological polar surface area (TPSA) is 94.0 Å². The highest BCUT2D eigenvalue weighted by atomic mass is 16.4. The van der Waals surface area contributed by atoms with E-state index < -0.39 is 5.97 Å². The van der Waals surface area contributed by atoms with Gasteiger partial charge in [-0.1, -0.05) is 17.7 Å². The molecule has 0 bridgehead atoms. The molecule has 0 amide bonds. The van der Waals surface area contributed by atoms with E-state index in [-0.39, 0.29) is 11.5 Å². The number of nitrogens with two attached hydrogens (primary N) is 1. The number of carbonyl (C=O) groups is 1. The first-order chi connectivity index (χ1) is 7.58. The Morgan fingerprint density at radius 2 is 1.94 bits per heavy atom. The highest BCUT2D eigenvalue weighted by molar-refractivity contribution is 5.90. The fraction of sp³-hybridized carbons (Fsp3) is 0.100. The molecule has 3 N–H and O–H groups in total. The summed E-state index contributed by atoms with van der Waals surface area (Å²) in [7, 11) is 0. The molecule has 16 heavy (non-hydrogen) atoms. The minimum atomic E-state index is -1.18. The summed E-state index contributed by atoms with van der Waals surface area (Å²) in [6, 6.07) is 7.35. The molecule has 82 valence electrons. The average Bonchev–Trinajstić information content (AvgIpc) is 2.61. The summed E-state index contributed by atoms with van der Waals surface area (Å²) in [5.74, 6) is -1.27. The molecule has 0 aliphatic heterocycles. The zero-order valence-corrected chi connectivity index (χ0v) is 8.58. The normalized spacial score (nSPS) is 10.3. The molecular weight excluding hydrogens is 208 g/mol. The van der Waals surface area contributed by atoms with Gasteiger partial charge in [0.15, 0.2) is 5.82 Å². The maximum absolute atomic E-state index is 10.7. The predicted octanol–water partition coefficient (Wildman–Crippen LogP) is 0.856. The van der Waals surface area contributed by atoms with Crippen LogP contribution in [0.25, 0.3) is 5.69 Å². The summed E-state index contributed by atoms with van der Waals surface area (Å²) >= 11 is 0. The zero-order valence-electron chi connectivity index (χ0n) is 8.58. The van der Waals surface area contributed by atoms with Crippen LogP contribution in [-0.2, 0) is 0 Å². The quantitative estimate of drug-likeness (QED) is 0.779. The molecule has 1 heterocycles. The van der Waals surface area contributed by atoms with Crippen molar-refractivity contribution < 1.29 is 9.90 Å². The third kappa shape index (κ3) is 1.72. The van der Waals surface area contributed by atoms with Crippen LogP contribution in [0.5, 0.6) is 0 Å². The fourth-order valence-corrected chi connectivity index (χ4v) is 1.26. The molecule has 0 aliphatic carbocycles. The number of nitrogen functional groups attached to an aromatic ring is 1. The van der Waals surface area contributed by atoms with E-state index in [1.165, 1.54) is 4.80 Å². The fourth-order valence-electron chi connectivity index (χ4n) is 1.26. The number of carboxylic acid groups (broad SMARTS) is 1. The van der Waals surface area contributed by atoms with E-state index in [0.717, 1.165) is 5.56 Å². The first-order valence-electron chi connectivity index (χ1n) is 4.61. The SMILES string of the molecule is Cc1ccc(-n2nc(N)c(C(=O)O)n2)cc1. The summed E-state index contributed by atoms with van der Waals surface area (Å²) in [6.45, 7) is 1.96. The lowest BCUT2D eigenvalue weighted by molar-refractivity contribution is 0.0691. The molecule has 0 atom stereocenters. The Morgan fingerprint density at radius 1 is 1.31 bits per heavy atom. The molecule has 6 nitrogen and oxygen atoms in total. The predicted molar refractivity (Wildman–Crippen MR) is 57.5 cm³/mol. The van der Waals surface area contributed by atoms with Crippen molar-refractivity contribution >= 4 is 11.8 Å². The highest BCUT2D eigenvalue weighted by Crippen LogP contribution is 2.11. The molecule has 0 radical (unpaired) electrons. The van der Waals surface area contributed by atoms with E-state index in [1.54, 1.807) is 12.1 Å². The van der Waals surface area contributed by atoms with Crippen molar-refractivity contribution in [1.82, 2.24) is 15.0 Å². The van der Waals surface area contributed by atoms with Crippen molar-refractivity contribution in [1.29, 1.82) is 0 Å². The minimum absolute atomic E-state index is 0.0897. The first kappa shape index (κ1) is 10.2. The van der Waals surface area contributed by atoms with Crippen LogP contribution in [0, 0.1) is 6.92 Å². The maximum Gasteiger partial charge on any atom is 0.360 e. The zero-order chi connectivity index (χ0) is 11.7. The lowest BCUT2D eigenvalue weighted by atomic mass is 10.2. The van der Waals surface area contributed by atoms with E-state index in [0.29, 0.717) is 5.69 Å². The van der Waals surface area contributed by atoms with Gasteiger partial charge >= 0.3 is 5.97 Å². The van der Waals surface area contributed by atoms with Gasteiger partial charge in [0.05, 0.1) is 5.69 Å². The first-order valence-corrected chi connectivity index (χ1v) is 4.61. The van der Waals surface area contributed by atoms with Gasteiger partial charge in [-0.15, -0.1) is 15.0 Å². The summed E-state index contributed by atoms with van der Waals surface area (Å²) < 4.78 is 0. The van der Waals surface area contributed by atoms with Crippen LogP contribution in [-0.4, -0.2) is 26.1 Å². The number of anilines is 1. The van der Waals surface area contributed by atoms with Gasteiger partial charge in [0.2, 0.25) is 5.69 Å². The maximum atomic E-state index is 10.7. The Kier molecular flexibility index (Phi) is 2.32. The summed E-state index contributed by atoms with van der Waals surface area (Å²) in [4.78, 5) is 11.9. The molecule has 1 aromatic carbocycles. The Hall–Kier alpha value is -2.37. The van der Waals surface area contributed by atoms with Crippen LogP contribution in [0.3, 0.4) is 0 Å². The third-order valence-electron chi connectivity index (χ3n) is 2.11. The summed E-state index contributed by atoms with van der Waals surface area (Å²) in [5, 5.41) is 16.4. The number of aromatic carboxylic acids is 1. The van der Waals surface area contributed by atoms with Crippen molar-refractivity contribution in [3.8, 4) is 5.69 Å². The van der Waals surface area contributed by atoms with Crippen LogP contribution in [0.1, 0.15) is 16.1 Å². The number of rotatable bonds is 2. The second-order valence-corrected chi connectivity index (χ2v) is 3.36. The molecule has 0 aliphatic rings. The summed E-state index contributed by atoms with van der Waals surface area (Å²) in [6.07, 6.45) is 0. The molecule has 0 spiro atoms. The minimum Gasteiger partial charge on any atom is -0.476 e. The van der Waals surface area contributed by atoms with Gasteiger partial charge < -0.3 is 10.8 Å². The van der Waals surface area contributed by atoms with Gasteiger partial charge in [-0.05, 0) is 19.1 Å². The summed E-state index contributed by atoms with van der Waals surface area (Å²) in [5.41, 5.74) is 6.97. The molecule has 1 aromatic heterocycles. The third-order valence-corrected chi connectivity index (χ3v) is 2.11. The van der Waals surface area contributed by atoms with E-state index in [2.05, 4.69) is 10.2 Å². The molecule has 0 fully saturated rings. The molecule has 0 unspecified atom stereocenters. The highest BCUT2D eigenvalue weighted by Gasteiger charge is 2.15. The Morgan fingerprint density at radius 3 is 2.44 bits per heavy atom. The van der Waals surface area contributed by atoms with Crippen LogP contribution in [0.2, 0.25) is 0 Å². The number of nitrogens with zero attached hydrogens (tertiary/aromatic N) is 3. The van der Waals surface area contributed by atoms with E-state index >= 15 is 0 Å². The number of hydrogen-bond donors (Lipinski definition) is 2. The van der Waals surface area contributed by atoms with Crippen molar-refractivity contribution in [3.05, 3.63) is 35.5 Å². The number of aryl methyl sites for hydroxylation is 1. The van der Waals surface area contributed by atoms with E-state index in [4.69, 9.17) is 10.8 Å². The standard InChI is InChI=1S/C10H10N4O2/c1-6-2-4-7(5-3-6)14-12-8(10(15)16)9(11)13-14/h2-5H,1H3,(H2,11,13)(H,15,16). The van der Waals surface area contributed by atoms with Gasteiger partial charge in [-0.25, -0.2) is 4.79 Å². The van der Waals surface area contributed by atoms with Crippen LogP contribution in [0.15, 0.2) is 24.3 Å². The molecule has 2 rings (SSSR count). The Balaban J connectivity index is 2.45. The Labute approximate surface area is 91.3 Å². The van der Waals surface area contributed by atoms with Crippen molar-refractivity contribution in [2.75, 3.05) is 5.73 Å². The van der Waals surface area contributed by atoms with Gasteiger partial charge in [-0.2, -0.15) is 0 Å². The van der Waals surface area contributed by atoms with Gasteiger partial charge in [0.1, 0.15) is 0 Å². The van der Waals surface area contributed by atoms with Crippen LogP contribution < -0.4 is 5.73 Å². The molecule has 0 saturated heterocycles. The number of aromatic nitrogens is 3. The monoisotopic (exact) mass is 218 g/mol. The Bertz CT molecular complexity index is 530.